The first-order chi connectivity index (χ1) is 27.2. The Morgan fingerprint density at radius 3 is 1.65 bits per heavy atom. The molecule has 0 radical (unpaired) electrons. The van der Waals surface area contributed by atoms with Crippen molar-refractivity contribution >= 4 is 64.1 Å². The van der Waals surface area contributed by atoms with Gasteiger partial charge >= 0.3 is 0 Å². The van der Waals surface area contributed by atoms with E-state index >= 15 is 0 Å². The van der Waals surface area contributed by atoms with E-state index in [2.05, 4.69) is 176 Å². The maximum absolute atomic E-state index is 5.30. The van der Waals surface area contributed by atoms with Gasteiger partial charge in [0.2, 0.25) is 0 Å². The van der Waals surface area contributed by atoms with Crippen LogP contribution in [0.2, 0.25) is 0 Å². The second-order valence-electron chi connectivity index (χ2n) is 14.0. The average Bonchev–Trinajstić information content (AvgIpc) is 3.65. The van der Waals surface area contributed by atoms with Crippen LogP contribution in [0.4, 0.5) is 0 Å². The summed E-state index contributed by atoms with van der Waals surface area (Å²) in [6.45, 7) is 0. The lowest BCUT2D eigenvalue weighted by atomic mass is 9.95. The quantitative estimate of drug-likeness (QED) is 0.166. The standard InChI is InChI=1S/C51H31N3S/c1-2-12-32(13-3-1)36-15-11-17-38(31-36)51-53-45-22-8-5-20-42(45)48(54-51)34-26-24-33(25-27-34)35-14-10-16-37(30-35)49-43-29-28-40-39-18-6-9-23-46(39)55-50(40)47(43)41-19-4-7-21-44(41)52-49/h1-31H. The molecule has 0 saturated carbocycles. The Morgan fingerprint density at radius 2 is 0.855 bits per heavy atom. The molecular weight excluding hydrogens is 687 g/mol. The largest absolute Gasteiger partial charge is 0.247 e. The molecule has 0 spiro atoms. The number of thiophene rings is 1. The van der Waals surface area contributed by atoms with Gasteiger partial charge in [0, 0.05) is 58.4 Å². The van der Waals surface area contributed by atoms with E-state index in [0.29, 0.717) is 5.82 Å². The summed E-state index contributed by atoms with van der Waals surface area (Å²) < 4.78 is 2.62. The zero-order valence-electron chi connectivity index (χ0n) is 29.6. The SMILES string of the molecule is c1ccc(-c2cccc(-c3nc(-c4ccc(-c5cccc(-c6nc7ccccc7c7c6ccc6c8ccccc8sc67)c5)cc4)c4ccccc4n3)c2)cc1. The van der Waals surface area contributed by atoms with Crippen LogP contribution in [0, 0.1) is 0 Å². The van der Waals surface area contributed by atoms with Gasteiger partial charge in [0.05, 0.1) is 22.4 Å². The molecule has 3 nitrogen and oxygen atoms in total. The predicted molar refractivity (Wildman–Crippen MR) is 232 cm³/mol. The van der Waals surface area contributed by atoms with Crippen LogP contribution >= 0.6 is 11.3 Å². The van der Waals surface area contributed by atoms with E-state index in [1.54, 1.807) is 0 Å². The van der Waals surface area contributed by atoms with Gasteiger partial charge in [-0.05, 0) is 52.6 Å². The Hall–Kier alpha value is -7.01. The summed E-state index contributed by atoms with van der Waals surface area (Å²) in [5.74, 6) is 0.714. The molecule has 3 heterocycles. The summed E-state index contributed by atoms with van der Waals surface area (Å²) in [6.07, 6.45) is 0. The Morgan fingerprint density at radius 1 is 0.309 bits per heavy atom. The van der Waals surface area contributed by atoms with Crippen LogP contribution in [0.25, 0.3) is 109 Å². The van der Waals surface area contributed by atoms with Crippen LogP contribution in [0.15, 0.2) is 188 Å². The molecule has 0 unspecified atom stereocenters. The van der Waals surface area contributed by atoms with E-state index in [9.17, 15) is 0 Å². The number of nitrogens with zero attached hydrogens (tertiary/aromatic N) is 3. The highest BCUT2D eigenvalue weighted by Crippen LogP contribution is 2.43. The highest BCUT2D eigenvalue weighted by molar-refractivity contribution is 7.26. The molecule has 0 fully saturated rings. The molecule has 0 aliphatic heterocycles. The van der Waals surface area contributed by atoms with Crippen molar-refractivity contribution in [2.24, 2.45) is 0 Å². The number of pyridine rings is 1. The number of hydrogen-bond donors (Lipinski definition) is 0. The normalized spacial score (nSPS) is 11.6. The number of aromatic nitrogens is 3. The fraction of sp³-hybridized carbons (Fsp3) is 0. The second kappa shape index (κ2) is 12.8. The van der Waals surface area contributed by atoms with Crippen LogP contribution in [0.1, 0.15) is 0 Å². The monoisotopic (exact) mass is 717 g/mol. The third-order valence-electron chi connectivity index (χ3n) is 10.7. The number of para-hydroxylation sites is 2. The number of fused-ring (bicyclic) bond motifs is 8. The van der Waals surface area contributed by atoms with E-state index in [1.165, 1.54) is 41.9 Å². The molecule has 0 N–H and O–H groups in total. The zero-order valence-corrected chi connectivity index (χ0v) is 30.5. The highest BCUT2D eigenvalue weighted by Gasteiger charge is 2.17. The van der Waals surface area contributed by atoms with E-state index in [-0.39, 0.29) is 0 Å². The van der Waals surface area contributed by atoms with Crippen LogP contribution in [-0.2, 0) is 0 Å². The molecule has 4 heteroatoms. The minimum Gasteiger partial charge on any atom is -0.247 e. The van der Waals surface area contributed by atoms with E-state index < -0.39 is 0 Å². The van der Waals surface area contributed by atoms with Crippen molar-refractivity contribution in [3.63, 3.8) is 0 Å². The minimum absolute atomic E-state index is 0.714. The Kier molecular flexibility index (Phi) is 7.35. The van der Waals surface area contributed by atoms with E-state index in [1.807, 2.05) is 23.5 Å². The maximum Gasteiger partial charge on any atom is 0.160 e. The fourth-order valence-corrected chi connectivity index (χ4v) is 9.26. The van der Waals surface area contributed by atoms with E-state index in [4.69, 9.17) is 15.0 Å². The Labute approximate surface area is 321 Å². The molecular formula is C51H31N3S. The molecule has 0 aliphatic carbocycles. The molecule has 0 atom stereocenters. The second-order valence-corrected chi connectivity index (χ2v) is 15.0. The summed E-state index contributed by atoms with van der Waals surface area (Å²) in [5, 5.41) is 7.27. The van der Waals surface area contributed by atoms with E-state index in [0.717, 1.165) is 61.2 Å². The zero-order chi connectivity index (χ0) is 36.3. The first kappa shape index (κ1) is 31.5. The van der Waals surface area contributed by atoms with Crippen molar-refractivity contribution in [3.8, 4) is 56.2 Å². The smallest absolute Gasteiger partial charge is 0.160 e. The van der Waals surface area contributed by atoms with Gasteiger partial charge in [-0.3, -0.25) is 0 Å². The third kappa shape index (κ3) is 5.38. The first-order valence-electron chi connectivity index (χ1n) is 18.5. The van der Waals surface area contributed by atoms with Gasteiger partial charge < -0.3 is 0 Å². The lowest BCUT2D eigenvalue weighted by Crippen LogP contribution is -1.95. The van der Waals surface area contributed by atoms with Crippen LogP contribution in [0.5, 0.6) is 0 Å². The Balaban J connectivity index is 1.00. The topological polar surface area (TPSA) is 38.7 Å². The number of rotatable bonds is 5. The predicted octanol–water partition coefficient (Wildman–Crippen LogP) is 14.0. The van der Waals surface area contributed by atoms with Gasteiger partial charge in [-0.15, -0.1) is 11.3 Å². The molecule has 256 valence electrons. The van der Waals surface area contributed by atoms with Crippen molar-refractivity contribution < 1.29 is 0 Å². The number of benzene rings is 8. The fourth-order valence-electron chi connectivity index (χ4n) is 8.00. The summed E-state index contributed by atoms with van der Waals surface area (Å²) in [7, 11) is 0. The van der Waals surface area contributed by atoms with Crippen molar-refractivity contribution in [2.45, 2.75) is 0 Å². The van der Waals surface area contributed by atoms with Crippen LogP contribution in [0.3, 0.4) is 0 Å². The Bertz CT molecular complexity index is 3260. The molecule has 0 amide bonds. The molecule has 55 heavy (non-hydrogen) atoms. The molecule has 0 saturated heterocycles. The molecule has 11 rings (SSSR count). The van der Waals surface area contributed by atoms with Crippen molar-refractivity contribution in [3.05, 3.63) is 188 Å². The van der Waals surface area contributed by atoms with Gasteiger partial charge in [-0.1, -0.05) is 158 Å². The highest BCUT2D eigenvalue weighted by atomic mass is 32.1. The molecule has 0 aliphatic rings. The van der Waals surface area contributed by atoms with Gasteiger partial charge in [0.1, 0.15) is 0 Å². The van der Waals surface area contributed by atoms with Gasteiger partial charge in [-0.2, -0.15) is 0 Å². The van der Waals surface area contributed by atoms with Crippen LogP contribution < -0.4 is 0 Å². The minimum atomic E-state index is 0.714. The van der Waals surface area contributed by atoms with Crippen molar-refractivity contribution in [1.82, 2.24) is 15.0 Å². The van der Waals surface area contributed by atoms with Gasteiger partial charge in [-0.25, -0.2) is 15.0 Å². The summed E-state index contributed by atoms with van der Waals surface area (Å²) >= 11 is 1.87. The molecule has 8 aromatic carbocycles. The maximum atomic E-state index is 5.30. The van der Waals surface area contributed by atoms with Gasteiger partial charge in [0.25, 0.3) is 0 Å². The van der Waals surface area contributed by atoms with Crippen molar-refractivity contribution in [1.29, 1.82) is 0 Å². The summed E-state index contributed by atoms with van der Waals surface area (Å²) in [5.41, 5.74) is 11.6. The average molecular weight is 718 g/mol. The lowest BCUT2D eigenvalue weighted by molar-refractivity contribution is 1.23. The van der Waals surface area contributed by atoms with Crippen LogP contribution in [-0.4, -0.2) is 15.0 Å². The summed E-state index contributed by atoms with van der Waals surface area (Å²) in [6, 6.07) is 66.6. The molecule has 0 bridgehead atoms. The molecule has 3 aromatic heterocycles. The first-order valence-corrected chi connectivity index (χ1v) is 19.3. The third-order valence-corrected chi connectivity index (χ3v) is 11.9. The number of hydrogen-bond acceptors (Lipinski definition) is 4. The molecule has 11 aromatic rings. The lowest BCUT2D eigenvalue weighted by Gasteiger charge is -2.13. The summed E-state index contributed by atoms with van der Waals surface area (Å²) in [4.78, 5) is 15.5. The van der Waals surface area contributed by atoms with Crippen molar-refractivity contribution in [2.75, 3.05) is 0 Å². The van der Waals surface area contributed by atoms with Gasteiger partial charge in [0.15, 0.2) is 5.82 Å².